The summed E-state index contributed by atoms with van der Waals surface area (Å²) in [7, 11) is 5.17. The topological polar surface area (TPSA) is 83.5 Å². The van der Waals surface area contributed by atoms with Crippen LogP contribution in [-0.2, 0) is 6.18 Å². The smallest absolute Gasteiger partial charge is 0.417 e. The Bertz CT molecular complexity index is 1270. The fraction of sp³-hybridized carbons (Fsp3) is 0.448. The molecule has 0 saturated heterocycles. The number of hydrogen-bond donors (Lipinski definition) is 3. The number of nitrogens with zero attached hydrogens (tertiary/aromatic N) is 1. The molecule has 4 rings (SSSR count). The number of ether oxygens (including phenoxy) is 1. The van der Waals surface area contributed by atoms with Crippen LogP contribution in [0.25, 0.3) is 10.6 Å². The van der Waals surface area contributed by atoms with Gasteiger partial charge in [-0.1, -0.05) is 33.4 Å². The highest BCUT2D eigenvalue weighted by atomic mass is 32.2. The first-order valence-electron chi connectivity index (χ1n) is 12.5. The summed E-state index contributed by atoms with van der Waals surface area (Å²) in [5.41, 5.74) is 1.01. The third-order valence-corrected chi connectivity index (χ3v) is 8.35. The molecule has 0 aliphatic heterocycles. The molecular weight excluding hydrogens is 559 g/mol. The van der Waals surface area contributed by atoms with Crippen LogP contribution in [0.1, 0.15) is 74.4 Å². The normalized spacial score (nSPS) is 14.9. The number of alkyl halides is 3. The summed E-state index contributed by atoms with van der Waals surface area (Å²) in [5.74, 6) is -0.600. The molecule has 1 aliphatic rings. The van der Waals surface area contributed by atoms with Gasteiger partial charge in [0.05, 0.1) is 23.9 Å². The number of aromatic nitrogens is 1. The molecule has 1 heterocycles. The lowest BCUT2D eigenvalue weighted by atomic mass is 9.71. The van der Waals surface area contributed by atoms with E-state index in [1.54, 1.807) is 17.5 Å². The summed E-state index contributed by atoms with van der Waals surface area (Å²) < 4.78 is 50.4. The number of carbonyl (C=O) groups is 1. The monoisotopic (exact) mass is 597 g/mol. The second kappa shape index (κ2) is 14.2. The van der Waals surface area contributed by atoms with E-state index in [1.165, 1.54) is 25.3 Å². The summed E-state index contributed by atoms with van der Waals surface area (Å²) in [6, 6.07) is 9.06. The maximum atomic E-state index is 14.1. The second-order valence-electron chi connectivity index (χ2n) is 10.2. The van der Waals surface area contributed by atoms with Crippen molar-refractivity contribution in [1.82, 2.24) is 10.3 Å². The molecule has 1 saturated carbocycles. The number of carboxylic acid groups (broad SMARTS) is 1. The molecule has 2 aromatic carbocycles. The molecule has 0 atom stereocenters. The summed E-state index contributed by atoms with van der Waals surface area (Å²) in [5, 5.41) is 14.3. The largest absolute Gasteiger partial charge is 0.495 e. The van der Waals surface area contributed by atoms with Crippen LogP contribution >= 0.6 is 23.3 Å². The molecule has 0 amide bonds. The van der Waals surface area contributed by atoms with Crippen molar-refractivity contribution >= 4 is 34.9 Å². The van der Waals surface area contributed by atoms with Gasteiger partial charge in [0.1, 0.15) is 15.8 Å². The number of methoxy groups -OCH3 is 1. The Balaban J connectivity index is 0.00000134. The first-order chi connectivity index (χ1) is 18.4. The maximum absolute atomic E-state index is 14.1. The molecule has 11 heteroatoms. The summed E-state index contributed by atoms with van der Waals surface area (Å²) in [6.45, 7) is 4.42. The van der Waals surface area contributed by atoms with Crippen LogP contribution in [0.4, 0.5) is 18.9 Å². The molecule has 0 unspecified atom stereocenters. The van der Waals surface area contributed by atoms with Gasteiger partial charge in [-0.2, -0.15) is 13.2 Å². The number of carboxylic acids is 1. The van der Waals surface area contributed by atoms with Crippen LogP contribution in [0.15, 0.2) is 46.8 Å². The van der Waals surface area contributed by atoms with Crippen molar-refractivity contribution in [3.63, 3.8) is 0 Å². The molecule has 3 N–H and O–H groups in total. The third-order valence-electron chi connectivity index (χ3n) is 6.59. The van der Waals surface area contributed by atoms with Crippen molar-refractivity contribution in [1.29, 1.82) is 0 Å². The Hall–Kier alpha value is -2.76. The number of benzene rings is 2. The summed E-state index contributed by atoms with van der Waals surface area (Å²) in [6.07, 6.45) is -0.695. The van der Waals surface area contributed by atoms with E-state index >= 15 is 0 Å². The predicted octanol–water partition coefficient (Wildman–Crippen LogP) is 8.81. The van der Waals surface area contributed by atoms with Gasteiger partial charge in [0.2, 0.25) is 0 Å². The average Bonchev–Trinajstić information content (AvgIpc) is 3.36. The zero-order valence-corrected chi connectivity index (χ0v) is 24.2. The van der Waals surface area contributed by atoms with Gasteiger partial charge in [-0.25, -0.2) is 9.78 Å². The number of anilines is 1. The lowest BCUT2D eigenvalue weighted by Crippen LogP contribution is -2.20. The number of thiazole rings is 1. The van der Waals surface area contributed by atoms with E-state index in [1.807, 2.05) is 20.2 Å². The number of hydrogen-bond acceptors (Lipinski definition) is 7. The van der Waals surface area contributed by atoms with E-state index in [4.69, 9.17) is 9.84 Å². The van der Waals surface area contributed by atoms with E-state index in [9.17, 15) is 18.0 Å². The van der Waals surface area contributed by atoms with E-state index in [-0.39, 0.29) is 34.9 Å². The van der Waals surface area contributed by atoms with Crippen LogP contribution < -0.4 is 14.8 Å². The fourth-order valence-electron chi connectivity index (χ4n) is 4.41. The van der Waals surface area contributed by atoms with Gasteiger partial charge in [0, 0.05) is 22.9 Å². The molecule has 0 spiro atoms. The van der Waals surface area contributed by atoms with Gasteiger partial charge in [0.15, 0.2) is 0 Å². The number of rotatable bonds is 7. The zero-order valence-electron chi connectivity index (χ0n) is 22.6. The average molecular weight is 598 g/mol. The maximum Gasteiger partial charge on any atom is 0.417 e. The molecule has 0 radical (unpaired) electrons. The molecule has 220 valence electrons. The molecule has 3 aromatic rings. The van der Waals surface area contributed by atoms with Crippen molar-refractivity contribution in [3.05, 3.63) is 58.5 Å². The Morgan fingerprint density at radius 2 is 1.80 bits per heavy atom. The minimum atomic E-state index is -4.49. The molecule has 1 aromatic heterocycles. The van der Waals surface area contributed by atoms with Gasteiger partial charge < -0.3 is 19.9 Å². The minimum absolute atomic E-state index is 0. The molecule has 0 bridgehead atoms. The van der Waals surface area contributed by atoms with Crippen LogP contribution in [0.5, 0.6) is 5.75 Å². The van der Waals surface area contributed by atoms with E-state index < -0.39 is 17.7 Å². The Morgan fingerprint density at radius 1 is 1.15 bits per heavy atom. The van der Waals surface area contributed by atoms with Crippen molar-refractivity contribution in [3.8, 4) is 16.3 Å². The van der Waals surface area contributed by atoms with Gasteiger partial charge in [-0.05, 0) is 80.9 Å². The van der Waals surface area contributed by atoms with Gasteiger partial charge >= 0.3 is 12.1 Å². The van der Waals surface area contributed by atoms with Crippen LogP contribution in [0.3, 0.4) is 0 Å². The third kappa shape index (κ3) is 8.62. The van der Waals surface area contributed by atoms with E-state index in [2.05, 4.69) is 28.9 Å². The van der Waals surface area contributed by atoms with Crippen molar-refractivity contribution in [2.75, 3.05) is 25.9 Å². The van der Waals surface area contributed by atoms with Gasteiger partial charge in [0.25, 0.3) is 0 Å². The van der Waals surface area contributed by atoms with Crippen molar-refractivity contribution in [2.24, 2.45) is 5.41 Å². The summed E-state index contributed by atoms with van der Waals surface area (Å²) >= 11 is 2.26. The number of halogens is 3. The SMILES string of the molecule is C.CNC.COc1cc(C(=O)O)ccc1NSc1csc(-c2ccc(C3CCC(C)(C)CC3)cc2C(F)(F)F)n1. The second-order valence-corrected chi connectivity index (χ2v) is 11.8. The first-order valence-corrected chi connectivity index (χ1v) is 14.2. The highest BCUT2D eigenvalue weighted by molar-refractivity contribution is 8.00. The predicted molar refractivity (Wildman–Crippen MR) is 159 cm³/mol. The first kappa shape index (κ1) is 33.4. The van der Waals surface area contributed by atoms with Crippen molar-refractivity contribution < 1.29 is 27.8 Å². The molecule has 1 aliphatic carbocycles. The van der Waals surface area contributed by atoms with E-state index in [0.717, 1.165) is 54.5 Å². The van der Waals surface area contributed by atoms with Gasteiger partial charge in [-0.3, -0.25) is 0 Å². The Labute approximate surface area is 242 Å². The highest BCUT2D eigenvalue weighted by Gasteiger charge is 2.36. The minimum Gasteiger partial charge on any atom is -0.495 e. The quantitative estimate of drug-likeness (QED) is 0.235. The van der Waals surface area contributed by atoms with Crippen molar-refractivity contribution in [2.45, 2.75) is 64.1 Å². The highest BCUT2D eigenvalue weighted by Crippen LogP contribution is 2.45. The molecular formula is C29H38F3N3O3S2. The molecule has 40 heavy (non-hydrogen) atoms. The van der Waals surface area contributed by atoms with Crippen LogP contribution in [0.2, 0.25) is 0 Å². The molecule has 1 fully saturated rings. The lowest BCUT2D eigenvalue weighted by Gasteiger charge is -2.34. The lowest BCUT2D eigenvalue weighted by molar-refractivity contribution is -0.137. The Kier molecular flexibility index (Phi) is 11.9. The summed E-state index contributed by atoms with van der Waals surface area (Å²) in [4.78, 5) is 15.6. The zero-order chi connectivity index (χ0) is 28.8. The van der Waals surface area contributed by atoms with Crippen LogP contribution in [0, 0.1) is 5.41 Å². The standard InChI is InChI=1S/C26H27F3N2O3S2.C2H7N.CH4/c1-25(2)10-8-15(9-11-25)16-4-6-18(19(12-16)26(27,28)29)23-30-22(14-35-23)36-31-20-7-5-17(24(32)33)13-21(20)34-3;1-3-2;/h4-7,12-15,31H,8-11H2,1-3H3,(H,32,33);3H,1-2H3;1H4. The number of nitrogens with one attached hydrogen (secondary N) is 2. The molecule has 6 nitrogen and oxygen atoms in total. The van der Waals surface area contributed by atoms with Gasteiger partial charge in [-0.15, -0.1) is 11.3 Å². The fourth-order valence-corrected chi connectivity index (χ4v) is 6.05. The Morgan fingerprint density at radius 3 is 2.38 bits per heavy atom. The van der Waals surface area contributed by atoms with Crippen LogP contribution in [-0.4, -0.2) is 37.3 Å². The number of aromatic carboxylic acids is 1. The van der Waals surface area contributed by atoms with E-state index in [0.29, 0.717) is 16.5 Å².